The summed E-state index contributed by atoms with van der Waals surface area (Å²) in [5.41, 5.74) is 3.62. The summed E-state index contributed by atoms with van der Waals surface area (Å²) in [7, 11) is 0. The Balaban J connectivity index is 2.06. The lowest BCUT2D eigenvalue weighted by molar-refractivity contribution is -0.133. The zero-order chi connectivity index (χ0) is 12.8. The lowest BCUT2D eigenvalue weighted by atomic mass is 9.92. The lowest BCUT2D eigenvalue weighted by Gasteiger charge is -2.43. The minimum atomic E-state index is -0.228. The fraction of sp³-hybridized carbons (Fsp3) is 0.533. The molecule has 0 aliphatic carbocycles. The van der Waals surface area contributed by atoms with Crippen LogP contribution < -0.4 is 5.32 Å². The third-order valence-electron chi connectivity index (χ3n) is 4.42. The standard InChI is InChI=1S/C15H20N2O/c1-11-4-5-13(10-12(11)2)15-7-6-14(18)17(15)9-3-8-16-15/h4-5,10,16H,3,6-9H2,1-2H3. The Hall–Kier alpha value is -1.35. The van der Waals surface area contributed by atoms with E-state index in [2.05, 4.69) is 37.4 Å². The number of nitrogens with one attached hydrogen (secondary N) is 1. The normalized spacial score (nSPS) is 27.4. The van der Waals surface area contributed by atoms with E-state index in [-0.39, 0.29) is 5.66 Å². The molecule has 0 saturated carbocycles. The van der Waals surface area contributed by atoms with E-state index >= 15 is 0 Å². The summed E-state index contributed by atoms with van der Waals surface area (Å²) >= 11 is 0. The molecule has 1 aromatic carbocycles. The fourth-order valence-corrected chi connectivity index (χ4v) is 3.20. The second kappa shape index (κ2) is 4.09. The van der Waals surface area contributed by atoms with Gasteiger partial charge in [-0.1, -0.05) is 18.2 Å². The van der Waals surface area contributed by atoms with Gasteiger partial charge in [0.05, 0.1) is 0 Å². The number of hydrogen-bond donors (Lipinski definition) is 1. The highest BCUT2D eigenvalue weighted by Crippen LogP contribution is 2.39. The zero-order valence-electron chi connectivity index (χ0n) is 11.1. The van der Waals surface area contributed by atoms with Crippen LogP contribution in [0.5, 0.6) is 0 Å². The average molecular weight is 244 g/mol. The van der Waals surface area contributed by atoms with Gasteiger partial charge in [0.2, 0.25) is 5.91 Å². The van der Waals surface area contributed by atoms with Gasteiger partial charge in [-0.25, -0.2) is 0 Å². The molecule has 1 aromatic rings. The van der Waals surface area contributed by atoms with E-state index in [9.17, 15) is 4.79 Å². The number of fused-ring (bicyclic) bond motifs is 1. The quantitative estimate of drug-likeness (QED) is 0.820. The molecule has 1 N–H and O–H groups in total. The van der Waals surface area contributed by atoms with Crippen molar-refractivity contribution in [1.82, 2.24) is 10.2 Å². The van der Waals surface area contributed by atoms with Crippen LogP contribution in [0, 0.1) is 13.8 Å². The molecule has 2 aliphatic heterocycles. The molecule has 18 heavy (non-hydrogen) atoms. The van der Waals surface area contributed by atoms with Gasteiger partial charge in [-0.15, -0.1) is 0 Å². The summed E-state index contributed by atoms with van der Waals surface area (Å²) in [6.45, 7) is 6.15. The number of benzene rings is 1. The van der Waals surface area contributed by atoms with Crippen LogP contribution in [0.4, 0.5) is 0 Å². The van der Waals surface area contributed by atoms with E-state index in [4.69, 9.17) is 0 Å². The molecule has 2 heterocycles. The van der Waals surface area contributed by atoms with Gasteiger partial charge in [0, 0.05) is 13.0 Å². The summed E-state index contributed by atoms with van der Waals surface area (Å²) < 4.78 is 0. The molecule has 2 fully saturated rings. The highest BCUT2D eigenvalue weighted by molar-refractivity contribution is 5.80. The Morgan fingerprint density at radius 3 is 2.89 bits per heavy atom. The SMILES string of the molecule is Cc1ccc(C23CCC(=O)N2CCCN3)cc1C. The maximum absolute atomic E-state index is 12.0. The highest BCUT2D eigenvalue weighted by atomic mass is 16.2. The summed E-state index contributed by atoms with van der Waals surface area (Å²) in [4.78, 5) is 14.1. The highest BCUT2D eigenvalue weighted by Gasteiger charge is 2.47. The largest absolute Gasteiger partial charge is 0.320 e. The first kappa shape index (κ1) is 11.7. The van der Waals surface area contributed by atoms with Crippen LogP contribution in [-0.4, -0.2) is 23.9 Å². The van der Waals surface area contributed by atoms with Crippen molar-refractivity contribution in [3.8, 4) is 0 Å². The van der Waals surface area contributed by atoms with Gasteiger partial charge in [-0.05, 0) is 49.9 Å². The first-order chi connectivity index (χ1) is 8.63. The fourth-order valence-electron chi connectivity index (χ4n) is 3.20. The van der Waals surface area contributed by atoms with Crippen LogP contribution in [0.3, 0.4) is 0 Å². The number of amides is 1. The van der Waals surface area contributed by atoms with Crippen molar-refractivity contribution >= 4 is 5.91 Å². The maximum Gasteiger partial charge on any atom is 0.224 e. The van der Waals surface area contributed by atoms with E-state index in [1.165, 1.54) is 16.7 Å². The van der Waals surface area contributed by atoms with Crippen LogP contribution in [0.2, 0.25) is 0 Å². The summed E-state index contributed by atoms with van der Waals surface area (Å²) in [5.74, 6) is 0.292. The van der Waals surface area contributed by atoms with E-state index < -0.39 is 0 Å². The number of carbonyl (C=O) groups is 1. The molecule has 0 radical (unpaired) electrons. The molecule has 3 rings (SSSR count). The van der Waals surface area contributed by atoms with Crippen molar-refractivity contribution < 1.29 is 4.79 Å². The monoisotopic (exact) mass is 244 g/mol. The van der Waals surface area contributed by atoms with Crippen LogP contribution in [-0.2, 0) is 10.5 Å². The van der Waals surface area contributed by atoms with Crippen LogP contribution >= 0.6 is 0 Å². The first-order valence-electron chi connectivity index (χ1n) is 6.77. The average Bonchev–Trinajstić information content (AvgIpc) is 2.72. The third-order valence-corrected chi connectivity index (χ3v) is 4.42. The van der Waals surface area contributed by atoms with Crippen molar-refractivity contribution in [1.29, 1.82) is 0 Å². The predicted octanol–water partition coefficient (Wildman–Crippen LogP) is 2.07. The zero-order valence-corrected chi connectivity index (χ0v) is 11.1. The minimum Gasteiger partial charge on any atom is -0.320 e. The van der Waals surface area contributed by atoms with Gasteiger partial charge in [-0.3, -0.25) is 10.1 Å². The van der Waals surface area contributed by atoms with Crippen LogP contribution in [0.15, 0.2) is 18.2 Å². The van der Waals surface area contributed by atoms with Crippen molar-refractivity contribution in [3.05, 3.63) is 34.9 Å². The molecule has 2 saturated heterocycles. The molecular weight excluding hydrogens is 224 g/mol. The molecule has 3 heteroatoms. The Bertz CT molecular complexity index is 497. The molecular formula is C15H20N2O. The van der Waals surface area contributed by atoms with Crippen molar-refractivity contribution in [3.63, 3.8) is 0 Å². The maximum atomic E-state index is 12.0. The molecule has 1 unspecified atom stereocenters. The molecule has 0 bridgehead atoms. The number of nitrogens with zero attached hydrogens (tertiary/aromatic N) is 1. The lowest BCUT2D eigenvalue weighted by Crippen LogP contribution is -2.58. The minimum absolute atomic E-state index is 0.228. The van der Waals surface area contributed by atoms with Gasteiger partial charge in [0.25, 0.3) is 0 Å². The van der Waals surface area contributed by atoms with Gasteiger partial charge in [0.15, 0.2) is 0 Å². The molecule has 0 spiro atoms. The first-order valence-corrected chi connectivity index (χ1v) is 6.77. The Morgan fingerprint density at radius 1 is 1.28 bits per heavy atom. The van der Waals surface area contributed by atoms with Gasteiger partial charge in [-0.2, -0.15) is 0 Å². The smallest absolute Gasteiger partial charge is 0.224 e. The second-order valence-corrected chi connectivity index (χ2v) is 5.49. The second-order valence-electron chi connectivity index (χ2n) is 5.49. The number of carbonyl (C=O) groups excluding carboxylic acids is 1. The number of aryl methyl sites for hydroxylation is 2. The summed E-state index contributed by atoms with van der Waals surface area (Å²) in [5, 5.41) is 3.59. The topological polar surface area (TPSA) is 32.3 Å². The molecule has 96 valence electrons. The van der Waals surface area contributed by atoms with E-state index in [0.29, 0.717) is 12.3 Å². The van der Waals surface area contributed by atoms with Crippen molar-refractivity contribution in [2.75, 3.05) is 13.1 Å². The van der Waals surface area contributed by atoms with Gasteiger partial charge in [0.1, 0.15) is 5.66 Å². The van der Waals surface area contributed by atoms with E-state index in [1.807, 2.05) is 4.90 Å². The van der Waals surface area contributed by atoms with Gasteiger partial charge < -0.3 is 4.90 Å². The summed E-state index contributed by atoms with van der Waals surface area (Å²) in [6, 6.07) is 6.57. The van der Waals surface area contributed by atoms with E-state index in [0.717, 1.165) is 25.9 Å². The van der Waals surface area contributed by atoms with Gasteiger partial charge >= 0.3 is 0 Å². The summed E-state index contributed by atoms with van der Waals surface area (Å²) in [6.07, 6.45) is 2.62. The Morgan fingerprint density at radius 2 is 2.11 bits per heavy atom. The predicted molar refractivity (Wildman–Crippen MR) is 71.2 cm³/mol. The van der Waals surface area contributed by atoms with Crippen molar-refractivity contribution in [2.24, 2.45) is 0 Å². The Labute approximate surface area is 108 Å². The molecule has 0 aromatic heterocycles. The third kappa shape index (κ3) is 1.57. The van der Waals surface area contributed by atoms with E-state index in [1.54, 1.807) is 0 Å². The molecule has 2 aliphatic rings. The van der Waals surface area contributed by atoms with Crippen molar-refractivity contribution in [2.45, 2.75) is 38.8 Å². The number of rotatable bonds is 1. The van der Waals surface area contributed by atoms with Crippen LogP contribution in [0.1, 0.15) is 36.0 Å². The molecule has 1 atom stereocenters. The Kier molecular flexibility index (Phi) is 2.67. The molecule has 3 nitrogen and oxygen atoms in total. The molecule has 1 amide bonds. The van der Waals surface area contributed by atoms with Crippen LogP contribution in [0.25, 0.3) is 0 Å². The number of hydrogen-bond acceptors (Lipinski definition) is 2.